The number of sulfonamides is 1. The van der Waals surface area contributed by atoms with Gasteiger partial charge in [-0.1, -0.05) is 30.3 Å². The number of amides is 3. The molecule has 172 valence electrons. The van der Waals surface area contributed by atoms with Gasteiger partial charge in [0, 0.05) is 0 Å². The van der Waals surface area contributed by atoms with Gasteiger partial charge in [0.15, 0.2) is 5.54 Å². The highest BCUT2D eigenvalue weighted by Gasteiger charge is 2.52. The Bertz CT molecular complexity index is 1370. The predicted molar refractivity (Wildman–Crippen MR) is 122 cm³/mol. The van der Waals surface area contributed by atoms with Crippen molar-refractivity contribution in [3.05, 3.63) is 90.0 Å². The van der Waals surface area contributed by atoms with Gasteiger partial charge in [-0.25, -0.2) is 17.9 Å². The zero-order chi connectivity index (χ0) is 24.3. The Morgan fingerprint density at radius 2 is 1.53 bits per heavy atom. The van der Waals surface area contributed by atoms with Gasteiger partial charge < -0.3 is 10.1 Å². The van der Waals surface area contributed by atoms with Crippen LogP contribution in [-0.2, 0) is 20.4 Å². The number of ether oxygens (including phenoxy) is 1. The third kappa shape index (κ3) is 4.34. The topological polar surface area (TPSA) is 137 Å². The van der Waals surface area contributed by atoms with Crippen molar-refractivity contribution in [3.8, 4) is 17.6 Å². The minimum absolute atomic E-state index is 0.0422. The summed E-state index contributed by atoms with van der Waals surface area (Å²) in [6.07, 6.45) is 0. The summed E-state index contributed by atoms with van der Waals surface area (Å²) in [7, 11) is -4.06. The average Bonchev–Trinajstić information content (AvgIpc) is 3.15. The molecule has 1 saturated heterocycles. The first-order valence-electron chi connectivity index (χ1n) is 10.2. The van der Waals surface area contributed by atoms with Crippen LogP contribution in [0.4, 0.5) is 4.79 Å². The van der Waals surface area contributed by atoms with Gasteiger partial charge in [-0.2, -0.15) is 5.26 Å². The summed E-state index contributed by atoms with van der Waals surface area (Å²) in [5.41, 5.74) is -0.668. The SMILES string of the molecule is C[C@@H](NS(=O)(=O)c1ccc(Oc2ccc(C#N)cc2)cc1)[C@@]1(c2ccccc2)NC(=O)NC1=O. The molecule has 1 fully saturated rings. The number of nitrogens with one attached hydrogen (secondary N) is 3. The minimum atomic E-state index is -4.06. The molecule has 3 amide bonds. The normalized spacial score (nSPS) is 18.5. The fraction of sp³-hybridized carbons (Fsp3) is 0.125. The molecule has 10 heteroatoms. The molecule has 0 saturated carbocycles. The summed E-state index contributed by atoms with van der Waals surface area (Å²) in [6, 6.07) is 21.0. The van der Waals surface area contributed by atoms with E-state index in [1.807, 2.05) is 6.07 Å². The Hall–Kier alpha value is -4.20. The fourth-order valence-corrected chi connectivity index (χ4v) is 5.01. The van der Waals surface area contributed by atoms with Gasteiger partial charge in [0.1, 0.15) is 11.5 Å². The Morgan fingerprint density at radius 3 is 2.06 bits per heavy atom. The molecule has 34 heavy (non-hydrogen) atoms. The van der Waals surface area contributed by atoms with E-state index >= 15 is 0 Å². The Labute approximate surface area is 196 Å². The Morgan fingerprint density at radius 1 is 0.941 bits per heavy atom. The molecule has 3 aromatic rings. The molecular weight excluding hydrogens is 456 g/mol. The molecule has 1 aliphatic heterocycles. The van der Waals surface area contributed by atoms with Gasteiger partial charge in [0.05, 0.1) is 22.6 Å². The van der Waals surface area contributed by atoms with Gasteiger partial charge in [0.25, 0.3) is 5.91 Å². The Balaban J connectivity index is 1.55. The maximum atomic E-state index is 13.1. The van der Waals surface area contributed by atoms with Crippen molar-refractivity contribution in [3.63, 3.8) is 0 Å². The molecule has 0 bridgehead atoms. The molecule has 0 aromatic heterocycles. The smallest absolute Gasteiger partial charge is 0.322 e. The minimum Gasteiger partial charge on any atom is -0.457 e. The highest BCUT2D eigenvalue weighted by molar-refractivity contribution is 7.89. The molecule has 0 aliphatic carbocycles. The van der Waals surface area contributed by atoms with Crippen molar-refractivity contribution in [1.82, 2.24) is 15.4 Å². The fourth-order valence-electron chi connectivity index (χ4n) is 3.74. The lowest BCUT2D eigenvalue weighted by atomic mass is 9.84. The van der Waals surface area contributed by atoms with Crippen molar-refractivity contribution in [2.45, 2.75) is 23.4 Å². The lowest BCUT2D eigenvalue weighted by molar-refractivity contribution is -0.125. The number of imide groups is 1. The number of benzene rings is 3. The van der Waals surface area contributed by atoms with E-state index in [-0.39, 0.29) is 4.90 Å². The highest BCUT2D eigenvalue weighted by atomic mass is 32.2. The van der Waals surface area contributed by atoms with Crippen LogP contribution < -0.4 is 20.1 Å². The molecule has 9 nitrogen and oxygen atoms in total. The third-order valence-electron chi connectivity index (χ3n) is 5.46. The molecule has 3 N–H and O–H groups in total. The van der Waals surface area contributed by atoms with E-state index < -0.39 is 33.5 Å². The van der Waals surface area contributed by atoms with Crippen molar-refractivity contribution < 1.29 is 22.7 Å². The van der Waals surface area contributed by atoms with Gasteiger partial charge in [0.2, 0.25) is 10.0 Å². The molecule has 4 rings (SSSR count). The van der Waals surface area contributed by atoms with Crippen LogP contribution in [0.3, 0.4) is 0 Å². The van der Waals surface area contributed by atoms with Gasteiger partial charge in [-0.3, -0.25) is 10.1 Å². The van der Waals surface area contributed by atoms with E-state index in [1.165, 1.54) is 31.2 Å². The van der Waals surface area contributed by atoms with Crippen molar-refractivity contribution in [2.75, 3.05) is 0 Å². The molecule has 0 unspecified atom stereocenters. The zero-order valence-electron chi connectivity index (χ0n) is 18.0. The summed E-state index contributed by atoms with van der Waals surface area (Å²) in [4.78, 5) is 24.7. The van der Waals surface area contributed by atoms with Crippen molar-refractivity contribution in [2.24, 2.45) is 0 Å². The van der Waals surface area contributed by atoms with Crippen LogP contribution in [0.2, 0.25) is 0 Å². The van der Waals surface area contributed by atoms with Gasteiger partial charge in [-0.15, -0.1) is 0 Å². The Kier molecular flexibility index (Phi) is 6.06. The first-order chi connectivity index (χ1) is 16.2. The van der Waals surface area contributed by atoms with Crippen LogP contribution in [-0.4, -0.2) is 26.4 Å². The second-order valence-corrected chi connectivity index (χ2v) is 9.35. The van der Waals surface area contributed by atoms with Crippen LogP contribution in [0.5, 0.6) is 11.5 Å². The third-order valence-corrected chi connectivity index (χ3v) is 7.02. The summed E-state index contributed by atoms with van der Waals surface area (Å²) >= 11 is 0. The number of nitrogens with zero attached hydrogens (tertiary/aromatic N) is 1. The number of hydrogen-bond acceptors (Lipinski definition) is 6. The standard InChI is InChI=1S/C24H20N4O5S/c1-16(24(18-5-3-2-4-6-18)22(29)26-23(30)27-24)28-34(31,32)21-13-11-20(12-14-21)33-19-9-7-17(15-25)8-10-19/h2-14,16,28H,1H3,(H2,26,27,29,30)/t16-,24+/m1/s1. The molecule has 1 aliphatic rings. The largest absolute Gasteiger partial charge is 0.457 e. The van der Waals surface area contributed by atoms with Crippen LogP contribution in [0.15, 0.2) is 83.8 Å². The van der Waals surface area contributed by atoms with Gasteiger partial charge >= 0.3 is 6.03 Å². The lowest BCUT2D eigenvalue weighted by Crippen LogP contribution is -2.58. The van der Waals surface area contributed by atoms with E-state index in [0.29, 0.717) is 22.6 Å². The molecule has 2 atom stereocenters. The number of carbonyl (C=O) groups is 2. The number of carbonyl (C=O) groups excluding carboxylic acids is 2. The maximum absolute atomic E-state index is 13.1. The second kappa shape index (κ2) is 8.97. The average molecular weight is 477 g/mol. The monoisotopic (exact) mass is 476 g/mol. The highest BCUT2D eigenvalue weighted by Crippen LogP contribution is 2.30. The summed E-state index contributed by atoms with van der Waals surface area (Å²) in [5.74, 6) is 0.249. The summed E-state index contributed by atoms with van der Waals surface area (Å²) in [6.45, 7) is 1.51. The van der Waals surface area contributed by atoms with Crippen LogP contribution in [0.1, 0.15) is 18.1 Å². The molecule has 0 spiro atoms. The van der Waals surface area contributed by atoms with Crippen LogP contribution >= 0.6 is 0 Å². The maximum Gasteiger partial charge on any atom is 0.322 e. The van der Waals surface area contributed by atoms with Crippen molar-refractivity contribution in [1.29, 1.82) is 5.26 Å². The number of nitriles is 1. The van der Waals surface area contributed by atoms with Crippen molar-refractivity contribution >= 4 is 22.0 Å². The molecule has 3 aromatic carbocycles. The second-order valence-electron chi connectivity index (χ2n) is 7.63. The van der Waals surface area contributed by atoms with E-state index in [2.05, 4.69) is 15.4 Å². The molecule has 0 radical (unpaired) electrons. The van der Waals surface area contributed by atoms with E-state index in [1.54, 1.807) is 54.6 Å². The lowest BCUT2D eigenvalue weighted by Gasteiger charge is -2.33. The molecule has 1 heterocycles. The number of rotatable bonds is 7. The van der Waals surface area contributed by atoms with Crippen LogP contribution in [0, 0.1) is 11.3 Å². The van der Waals surface area contributed by atoms with E-state index in [0.717, 1.165) is 0 Å². The van der Waals surface area contributed by atoms with E-state index in [9.17, 15) is 18.0 Å². The molecular formula is C24H20N4O5S. The number of hydrogen-bond donors (Lipinski definition) is 3. The number of urea groups is 1. The summed E-state index contributed by atoms with van der Waals surface area (Å²) in [5, 5.41) is 13.6. The summed E-state index contributed by atoms with van der Waals surface area (Å²) < 4.78 is 34.3. The first-order valence-corrected chi connectivity index (χ1v) is 11.7. The van der Waals surface area contributed by atoms with Crippen LogP contribution in [0.25, 0.3) is 0 Å². The zero-order valence-corrected chi connectivity index (χ0v) is 18.8. The quantitative estimate of drug-likeness (QED) is 0.449. The predicted octanol–water partition coefficient (Wildman–Crippen LogP) is 2.75. The first kappa shape index (κ1) is 23.0. The van der Waals surface area contributed by atoms with E-state index in [4.69, 9.17) is 10.00 Å². The van der Waals surface area contributed by atoms with Gasteiger partial charge in [-0.05, 0) is 61.0 Å².